The van der Waals surface area contributed by atoms with Gasteiger partial charge in [0.1, 0.15) is 0 Å². The smallest absolute Gasteiger partial charge is 0.165 e. The predicted molar refractivity (Wildman–Crippen MR) is 87.1 cm³/mol. The quantitative estimate of drug-likeness (QED) is 0.840. The molecule has 1 N–H and O–H groups in total. The van der Waals surface area contributed by atoms with Crippen LogP contribution in [-0.2, 0) is 0 Å². The number of nitrogens with one attached hydrogen (secondary N) is 1. The Balaban J connectivity index is 2.52. The predicted octanol–water partition coefficient (Wildman–Crippen LogP) is 4.23. The van der Waals surface area contributed by atoms with E-state index in [1.165, 1.54) is 4.88 Å². The monoisotopic (exact) mass is 355 g/mol. The molecule has 0 radical (unpaired) electrons. The molecule has 20 heavy (non-hydrogen) atoms. The minimum atomic E-state index is 0.0828. The molecule has 0 saturated carbocycles. The highest BCUT2D eigenvalue weighted by Gasteiger charge is 2.22. The van der Waals surface area contributed by atoms with Crippen molar-refractivity contribution in [2.24, 2.45) is 0 Å². The average Bonchev–Trinajstić information content (AvgIpc) is 2.89. The van der Waals surface area contributed by atoms with E-state index in [1.54, 1.807) is 25.6 Å². The maximum absolute atomic E-state index is 5.56. The van der Waals surface area contributed by atoms with Gasteiger partial charge in [0.2, 0.25) is 0 Å². The van der Waals surface area contributed by atoms with Gasteiger partial charge in [0.15, 0.2) is 11.5 Å². The van der Waals surface area contributed by atoms with E-state index in [1.807, 2.05) is 12.1 Å². The van der Waals surface area contributed by atoms with Crippen molar-refractivity contribution in [1.82, 2.24) is 5.32 Å². The third-order valence-electron chi connectivity index (χ3n) is 3.06. The summed E-state index contributed by atoms with van der Waals surface area (Å²) in [7, 11) is 3.33. The molecule has 0 saturated heterocycles. The van der Waals surface area contributed by atoms with E-state index in [2.05, 4.69) is 45.7 Å². The molecular formula is C15H18BrNO2S. The highest BCUT2D eigenvalue weighted by Crippen LogP contribution is 2.40. The molecule has 0 aliphatic heterocycles. The van der Waals surface area contributed by atoms with Crippen LogP contribution in [0.1, 0.15) is 23.4 Å². The van der Waals surface area contributed by atoms with Crippen LogP contribution in [0.15, 0.2) is 34.1 Å². The highest BCUT2D eigenvalue weighted by molar-refractivity contribution is 9.10. The van der Waals surface area contributed by atoms with Gasteiger partial charge >= 0.3 is 0 Å². The molecule has 0 fully saturated rings. The first kappa shape index (κ1) is 15.4. The summed E-state index contributed by atoms with van der Waals surface area (Å²) in [5.74, 6) is 1.53. The zero-order chi connectivity index (χ0) is 14.5. The standard InChI is InChI=1S/C15H18BrNO2S/c1-4-17-13(15-11(16)8-9-20-15)10-6-5-7-12(18-2)14(10)19-3/h5-9,13,17H,4H2,1-3H3. The van der Waals surface area contributed by atoms with Crippen LogP contribution in [0.2, 0.25) is 0 Å². The van der Waals surface area contributed by atoms with Crippen molar-refractivity contribution >= 4 is 27.3 Å². The Labute approximate surface area is 132 Å². The van der Waals surface area contributed by atoms with Gasteiger partial charge in [-0.3, -0.25) is 0 Å². The molecule has 0 bridgehead atoms. The normalized spacial score (nSPS) is 12.2. The average molecular weight is 356 g/mol. The molecule has 0 aliphatic carbocycles. The van der Waals surface area contributed by atoms with Gasteiger partial charge in [-0.25, -0.2) is 0 Å². The fourth-order valence-electron chi connectivity index (χ4n) is 2.20. The molecule has 0 aliphatic rings. The van der Waals surface area contributed by atoms with E-state index >= 15 is 0 Å². The first-order valence-electron chi connectivity index (χ1n) is 6.40. The lowest BCUT2D eigenvalue weighted by molar-refractivity contribution is 0.349. The molecule has 0 amide bonds. The molecule has 0 spiro atoms. The Bertz CT molecular complexity index is 571. The van der Waals surface area contributed by atoms with Gasteiger partial charge in [-0.15, -0.1) is 11.3 Å². The molecule has 1 aromatic heterocycles. The van der Waals surface area contributed by atoms with Crippen LogP contribution in [0.25, 0.3) is 0 Å². The van der Waals surface area contributed by atoms with Gasteiger partial charge in [-0.2, -0.15) is 0 Å². The summed E-state index contributed by atoms with van der Waals surface area (Å²) in [4.78, 5) is 1.23. The first-order valence-corrected chi connectivity index (χ1v) is 8.07. The van der Waals surface area contributed by atoms with Crippen LogP contribution in [-0.4, -0.2) is 20.8 Å². The van der Waals surface area contributed by atoms with Gasteiger partial charge in [-0.05, 0) is 40.0 Å². The minimum absolute atomic E-state index is 0.0828. The van der Waals surface area contributed by atoms with Gasteiger partial charge in [-0.1, -0.05) is 19.1 Å². The molecule has 108 valence electrons. The largest absolute Gasteiger partial charge is 0.493 e. The number of ether oxygens (including phenoxy) is 2. The molecule has 1 atom stereocenters. The van der Waals surface area contributed by atoms with Crippen molar-refractivity contribution in [1.29, 1.82) is 0 Å². The topological polar surface area (TPSA) is 30.5 Å². The summed E-state index contributed by atoms with van der Waals surface area (Å²) in [5.41, 5.74) is 1.08. The van der Waals surface area contributed by atoms with Crippen molar-refractivity contribution in [2.45, 2.75) is 13.0 Å². The van der Waals surface area contributed by atoms with E-state index < -0.39 is 0 Å². The number of para-hydroxylation sites is 1. The Morgan fingerprint density at radius 2 is 2.05 bits per heavy atom. The van der Waals surface area contributed by atoms with Crippen LogP contribution in [0.3, 0.4) is 0 Å². The minimum Gasteiger partial charge on any atom is -0.493 e. The van der Waals surface area contributed by atoms with Crippen molar-refractivity contribution in [3.8, 4) is 11.5 Å². The highest BCUT2D eigenvalue weighted by atomic mass is 79.9. The summed E-state index contributed by atoms with van der Waals surface area (Å²) in [6.45, 7) is 2.97. The molecule has 1 unspecified atom stereocenters. The number of hydrogen-bond acceptors (Lipinski definition) is 4. The van der Waals surface area contributed by atoms with E-state index in [9.17, 15) is 0 Å². The second-order valence-corrected chi connectivity index (χ2v) is 6.01. The zero-order valence-electron chi connectivity index (χ0n) is 11.8. The Morgan fingerprint density at radius 1 is 1.25 bits per heavy atom. The van der Waals surface area contributed by atoms with Gasteiger partial charge in [0.05, 0.1) is 20.3 Å². The summed E-state index contributed by atoms with van der Waals surface area (Å²) < 4.78 is 12.1. The number of thiophene rings is 1. The molecule has 1 heterocycles. The van der Waals surface area contributed by atoms with Crippen molar-refractivity contribution < 1.29 is 9.47 Å². The lowest BCUT2D eigenvalue weighted by Crippen LogP contribution is -2.22. The van der Waals surface area contributed by atoms with Gasteiger partial charge in [0, 0.05) is 14.9 Å². The molecule has 1 aromatic carbocycles. The fourth-order valence-corrected chi connectivity index (χ4v) is 3.89. The molecule has 2 rings (SSSR count). The molecule has 3 nitrogen and oxygen atoms in total. The van der Waals surface area contributed by atoms with Gasteiger partial charge < -0.3 is 14.8 Å². The molecule has 5 heteroatoms. The molecule has 2 aromatic rings. The maximum atomic E-state index is 5.56. The van der Waals surface area contributed by atoms with Crippen LogP contribution in [0, 0.1) is 0 Å². The summed E-state index contributed by atoms with van der Waals surface area (Å²) in [5, 5.41) is 5.59. The van der Waals surface area contributed by atoms with Crippen LogP contribution >= 0.6 is 27.3 Å². The van der Waals surface area contributed by atoms with Crippen molar-refractivity contribution in [3.05, 3.63) is 44.6 Å². The lowest BCUT2D eigenvalue weighted by atomic mass is 10.0. The van der Waals surface area contributed by atoms with E-state index in [-0.39, 0.29) is 6.04 Å². The van der Waals surface area contributed by atoms with E-state index in [0.717, 1.165) is 28.1 Å². The lowest BCUT2D eigenvalue weighted by Gasteiger charge is -2.21. The first-order chi connectivity index (χ1) is 9.72. The van der Waals surface area contributed by atoms with Crippen molar-refractivity contribution in [3.63, 3.8) is 0 Å². The van der Waals surface area contributed by atoms with Gasteiger partial charge in [0.25, 0.3) is 0 Å². The third-order valence-corrected chi connectivity index (χ3v) is 5.00. The van der Waals surface area contributed by atoms with Crippen LogP contribution in [0.5, 0.6) is 11.5 Å². The summed E-state index contributed by atoms with van der Waals surface area (Å²) >= 11 is 5.33. The maximum Gasteiger partial charge on any atom is 0.165 e. The summed E-state index contributed by atoms with van der Waals surface area (Å²) in [6.07, 6.45) is 0. The zero-order valence-corrected chi connectivity index (χ0v) is 14.2. The Kier molecular flexibility index (Phi) is 5.46. The summed E-state index contributed by atoms with van der Waals surface area (Å²) in [6, 6.07) is 8.12. The SMILES string of the molecule is CCNC(c1cccc(OC)c1OC)c1sccc1Br. The Hall–Kier alpha value is -1.04. The van der Waals surface area contributed by atoms with Crippen LogP contribution in [0.4, 0.5) is 0 Å². The Morgan fingerprint density at radius 3 is 2.60 bits per heavy atom. The van der Waals surface area contributed by atoms with Crippen LogP contribution < -0.4 is 14.8 Å². The number of halogens is 1. The van der Waals surface area contributed by atoms with E-state index in [4.69, 9.17) is 9.47 Å². The number of methoxy groups -OCH3 is 2. The number of hydrogen-bond donors (Lipinski definition) is 1. The second kappa shape index (κ2) is 7.11. The van der Waals surface area contributed by atoms with Crippen molar-refractivity contribution in [2.75, 3.05) is 20.8 Å². The third kappa shape index (κ3) is 3.00. The fraction of sp³-hybridized carbons (Fsp3) is 0.333. The second-order valence-electron chi connectivity index (χ2n) is 4.21. The number of rotatable bonds is 6. The number of benzene rings is 1. The van der Waals surface area contributed by atoms with E-state index in [0.29, 0.717) is 0 Å². The molecular weight excluding hydrogens is 338 g/mol.